The predicted octanol–water partition coefficient (Wildman–Crippen LogP) is 2.65. The summed E-state index contributed by atoms with van der Waals surface area (Å²) in [7, 11) is 3.66. The predicted molar refractivity (Wildman–Crippen MR) is 106 cm³/mol. The Morgan fingerprint density at radius 3 is 2.82 bits per heavy atom. The van der Waals surface area contributed by atoms with Gasteiger partial charge in [0.1, 0.15) is 0 Å². The largest absolute Gasteiger partial charge is 0.385 e. The van der Waals surface area contributed by atoms with Crippen molar-refractivity contribution < 1.29 is 9.37 Å². The second-order valence-corrected chi connectivity index (χ2v) is 6.42. The molecule has 1 N–H and O–H groups in total. The summed E-state index contributed by atoms with van der Waals surface area (Å²) in [5.74, 6) is 1.32. The lowest BCUT2D eigenvalue weighted by molar-refractivity contribution is 0.198. The minimum atomic E-state index is 0.376. The first-order valence-electron chi connectivity index (χ1n) is 9.03. The van der Waals surface area contributed by atoms with Crippen LogP contribution >= 0.6 is 0 Å². The van der Waals surface area contributed by atoms with Crippen LogP contribution in [-0.4, -0.2) is 52.6 Å². The highest BCUT2D eigenvalue weighted by atomic mass is 16.6. The summed E-state index contributed by atoms with van der Waals surface area (Å²) in [6, 6.07) is 10.1. The van der Waals surface area contributed by atoms with Crippen molar-refractivity contribution in [1.29, 1.82) is 0 Å². The van der Waals surface area contributed by atoms with Gasteiger partial charge in [-0.3, -0.25) is 4.98 Å². The van der Waals surface area contributed by atoms with Gasteiger partial charge < -0.3 is 15.0 Å². The van der Waals surface area contributed by atoms with E-state index in [1.807, 2.05) is 30.1 Å². The molecule has 3 heterocycles. The molecule has 3 aromatic heterocycles. The SMILES string of the molecule is COCCCNc1nc2nonc2nc1N(C)Cc1cccc2ncccc12. The van der Waals surface area contributed by atoms with E-state index in [0.29, 0.717) is 42.6 Å². The van der Waals surface area contributed by atoms with Gasteiger partial charge >= 0.3 is 0 Å². The number of nitrogens with zero attached hydrogens (tertiary/aromatic N) is 6. The van der Waals surface area contributed by atoms with E-state index in [-0.39, 0.29) is 0 Å². The number of hydrogen-bond acceptors (Lipinski definition) is 9. The fourth-order valence-electron chi connectivity index (χ4n) is 3.07. The zero-order valence-electron chi connectivity index (χ0n) is 15.8. The van der Waals surface area contributed by atoms with E-state index in [0.717, 1.165) is 22.9 Å². The van der Waals surface area contributed by atoms with Gasteiger partial charge in [0.05, 0.1) is 5.52 Å². The van der Waals surface area contributed by atoms with Crippen LogP contribution in [0.4, 0.5) is 11.6 Å². The van der Waals surface area contributed by atoms with Crippen LogP contribution in [0.1, 0.15) is 12.0 Å². The van der Waals surface area contributed by atoms with Gasteiger partial charge in [-0.15, -0.1) is 0 Å². The lowest BCUT2D eigenvalue weighted by atomic mass is 10.1. The number of anilines is 2. The number of ether oxygens (including phenoxy) is 1. The fourth-order valence-corrected chi connectivity index (χ4v) is 3.07. The minimum Gasteiger partial charge on any atom is -0.385 e. The zero-order valence-corrected chi connectivity index (χ0v) is 15.8. The van der Waals surface area contributed by atoms with Gasteiger partial charge in [0, 0.05) is 45.4 Å². The number of fused-ring (bicyclic) bond motifs is 2. The molecule has 144 valence electrons. The first-order valence-corrected chi connectivity index (χ1v) is 9.03. The van der Waals surface area contributed by atoms with E-state index >= 15 is 0 Å². The first-order chi connectivity index (χ1) is 13.8. The van der Waals surface area contributed by atoms with E-state index in [1.54, 1.807) is 13.3 Å². The Morgan fingerprint density at radius 1 is 1.11 bits per heavy atom. The van der Waals surface area contributed by atoms with E-state index < -0.39 is 0 Å². The number of nitrogens with one attached hydrogen (secondary N) is 1. The number of pyridine rings is 1. The Hall–Kier alpha value is -3.33. The Morgan fingerprint density at radius 2 is 1.96 bits per heavy atom. The Labute approximate surface area is 161 Å². The summed E-state index contributed by atoms with van der Waals surface area (Å²) in [4.78, 5) is 15.6. The molecule has 0 aliphatic carbocycles. The van der Waals surface area contributed by atoms with Crippen LogP contribution < -0.4 is 10.2 Å². The molecule has 9 nitrogen and oxygen atoms in total. The summed E-state index contributed by atoms with van der Waals surface area (Å²) < 4.78 is 9.88. The molecule has 0 fully saturated rings. The second kappa shape index (κ2) is 8.13. The summed E-state index contributed by atoms with van der Waals surface area (Å²) in [5, 5.41) is 12.1. The van der Waals surface area contributed by atoms with Gasteiger partial charge in [0.2, 0.25) is 11.3 Å². The van der Waals surface area contributed by atoms with E-state index in [1.165, 1.54) is 0 Å². The summed E-state index contributed by atoms with van der Waals surface area (Å²) in [6.07, 6.45) is 2.65. The molecule has 28 heavy (non-hydrogen) atoms. The molecule has 0 spiro atoms. The molecular formula is C19H21N7O2. The third kappa shape index (κ3) is 3.70. The Bertz CT molecular complexity index is 1080. The van der Waals surface area contributed by atoms with Crippen LogP contribution in [0.25, 0.3) is 22.2 Å². The minimum absolute atomic E-state index is 0.376. The van der Waals surface area contributed by atoms with Crippen molar-refractivity contribution in [3.8, 4) is 0 Å². The maximum absolute atomic E-state index is 5.11. The standard InChI is InChI=1S/C19H21N7O2/c1-26(12-13-6-3-8-15-14(13)7-4-9-20-15)19-18(21-10-5-11-27-2)22-16-17(23-19)25-28-24-16/h3-4,6-9H,5,10-12H2,1-2H3,(H,21,22,24). The van der Waals surface area contributed by atoms with Crippen molar-refractivity contribution in [3.63, 3.8) is 0 Å². The van der Waals surface area contributed by atoms with Crippen LogP contribution in [0.5, 0.6) is 0 Å². The average molecular weight is 379 g/mol. The highest BCUT2D eigenvalue weighted by molar-refractivity contribution is 5.82. The summed E-state index contributed by atoms with van der Waals surface area (Å²) in [6.45, 7) is 2.02. The monoisotopic (exact) mass is 379 g/mol. The maximum Gasteiger partial charge on any atom is 0.245 e. The molecule has 0 atom stereocenters. The molecule has 0 bridgehead atoms. The Balaban J connectivity index is 1.64. The van der Waals surface area contributed by atoms with Gasteiger partial charge in [-0.05, 0) is 34.4 Å². The molecule has 1 aromatic carbocycles. The first kappa shape index (κ1) is 18.1. The molecule has 4 aromatic rings. The lowest BCUT2D eigenvalue weighted by Gasteiger charge is -2.21. The molecule has 9 heteroatoms. The van der Waals surface area contributed by atoms with Crippen LogP contribution in [0, 0.1) is 0 Å². The quantitative estimate of drug-likeness (QED) is 0.463. The van der Waals surface area contributed by atoms with Crippen LogP contribution in [0.15, 0.2) is 41.2 Å². The van der Waals surface area contributed by atoms with Gasteiger partial charge in [0.25, 0.3) is 0 Å². The number of methoxy groups -OCH3 is 1. The molecule has 0 aliphatic heterocycles. The molecular weight excluding hydrogens is 358 g/mol. The average Bonchev–Trinajstić information content (AvgIpc) is 3.18. The Kier molecular flexibility index (Phi) is 5.24. The fraction of sp³-hybridized carbons (Fsp3) is 0.316. The molecule has 0 unspecified atom stereocenters. The van der Waals surface area contributed by atoms with Crippen molar-refractivity contribution in [2.24, 2.45) is 0 Å². The molecule has 0 saturated carbocycles. The topological polar surface area (TPSA) is 102 Å². The van der Waals surface area contributed by atoms with Crippen molar-refractivity contribution in [2.75, 3.05) is 37.5 Å². The van der Waals surface area contributed by atoms with E-state index in [2.05, 4.69) is 42.7 Å². The normalized spacial score (nSPS) is 11.2. The van der Waals surface area contributed by atoms with Gasteiger partial charge in [-0.25, -0.2) is 14.6 Å². The van der Waals surface area contributed by atoms with Gasteiger partial charge in [-0.1, -0.05) is 18.2 Å². The molecule has 4 rings (SSSR count). The third-order valence-electron chi connectivity index (χ3n) is 4.42. The zero-order chi connectivity index (χ0) is 19.3. The second-order valence-electron chi connectivity index (χ2n) is 6.42. The van der Waals surface area contributed by atoms with E-state index in [9.17, 15) is 0 Å². The van der Waals surface area contributed by atoms with Crippen LogP contribution in [0.2, 0.25) is 0 Å². The highest BCUT2D eigenvalue weighted by Gasteiger charge is 2.17. The number of benzene rings is 1. The van der Waals surface area contributed by atoms with E-state index in [4.69, 9.17) is 9.37 Å². The maximum atomic E-state index is 5.11. The number of hydrogen-bond donors (Lipinski definition) is 1. The van der Waals surface area contributed by atoms with Crippen molar-refractivity contribution in [3.05, 3.63) is 42.1 Å². The molecule has 0 saturated heterocycles. The summed E-state index contributed by atoms with van der Waals surface area (Å²) >= 11 is 0. The lowest BCUT2D eigenvalue weighted by Crippen LogP contribution is -2.21. The smallest absolute Gasteiger partial charge is 0.245 e. The third-order valence-corrected chi connectivity index (χ3v) is 4.42. The summed E-state index contributed by atoms with van der Waals surface area (Å²) in [5.41, 5.74) is 2.87. The van der Waals surface area contributed by atoms with Crippen LogP contribution in [0.3, 0.4) is 0 Å². The van der Waals surface area contributed by atoms with Crippen molar-refractivity contribution >= 4 is 33.8 Å². The molecule has 0 radical (unpaired) electrons. The number of aromatic nitrogens is 5. The van der Waals surface area contributed by atoms with Gasteiger partial charge in [-0.2, -0.15) is 0 Å². The molecule has 0 amide bonds. The number of rotatable bonds is 8. The molecule has 0 aliphatic rings. The van der Waals surface area contributed by atoms with Gasteiger partial charge in [0.15, 0.2) is 11.6 Å². The highest BCUT2D eigenvalue weighted by Crippen LogP contribution is 2.26. The van der Waals surface area contributed by atoms with Crippen LogP contribution in [-0.2, 0) is 11.3 Å². The van der Waals surface area contributed by atoms with Crippen molar-refractivity contribution in [1.82, 2.24) is 25.3 Å². The van der Waals surface area contributed by atoms with Crippen molar-refractivity contribution in [2.45, 2.75) is 13.0 Å².